The monoisotopic (exact) mass is 355 g/mol. The Balaban J connectivity index is 1.40. The molecule has 0 saturated carbocycles. The average molecular weight is 355 g/mol. The molecule has 1 atom stereocenters. The van der Waals surface area contributed by atoms with Crippen LogP contribution in [0.4, 0.5) is 5.69 Å². The van der Waals surface area contributed by atoms with E-state index in [-0.39, 0.29) is 35.9 Å². The predicted molar refractivity (Wildman–Crippen MR) is 94.6 cm³/mol. The van der Waals surface area contributed by atoms with Crippen molar-refractivity contribution in [1.29, 1.82) is 0 Å². The topological polar surface area (TPSA) is 89.2 Å². The fourth-order valence-electron chi connectivity index (χ4n) is 3.94. The lowest BCUT2D eigenvalue weighted by Gasteiger charge is -2.34. The zero-order valence-corrected chi connectivity index (χ0v) is 14.6. The van der Waals surface area contributed by atoms with Gasteiger partial charge in [-0.3, -0.25) is 14.2 Å². The Morgan fingerprint density at radius 2 is 1.96 bits per heavy atom. The summed E-state index contributed by atoms with van der Waals surface area (Å²) in [6.45, 7) is 1.14. The van der Waals surface area contributed by atoms with E-state index >= 15 is 0 Å². The number of hydrogen-bond donors (Lipinski definition) is 1. The average Bonchev–Trinajstić information content (AvgIpc) is 3.15. The molecule has 1 aromatic heterocycles. The Morgan fingerprint density at radius 1 is 1.23 bits per heavy atom. The van der Waals surface area contributed by atoms with Crippen LogP contribution in [0.3, 0.4) is 0 Å². The van der Waals surface area contributed by atoms with Crippen molar-refractivity contribution in [3.8, 4) is 0 Å². The summed E-state index contributed by atoms with van der Waals surface area (Å²) in [7, 11) is 1.60. The van der Waals surface area contributed by atoms with Crippen molar-refractivity contribution in [2.45, 2.75) is 25.3 Å². The largest absolute Gasteiger partial charge is 0.345 e. The summed E-state index contributed by atoms with van der Waals surface area (Å²) in [5.74, 6) is 0.0265. The standard InChI is InChI=1S/C18H21N5O3/c1-21-11-19-23(18(21)26)10-15(24)22-8-6-12(7-9-22)16-13-4-2-3-5-14(13)20-17(16)25/h2-5,11-12,16H,6-10H2,1H3,(H,20,25). The number of amides is 2. The minimum absolute atomic E-state index is 0.0446. The van der Waals surface area contributed by atoms with Crippen LogP contribution in [0, 0.1) is 5.92 Å². The van der Waals surface area contributed by atoms with Crippen LogP contribution >= 0.6 is 0 Å². The quantitative estimate of drug-likeness (QED) is 0.871. The molecule has 136 valence electrons. The highest BCUT2D eigenvalue weighted by Crippen LogP contribution is 2.41. The summed E-state index contributed by atoms with van der Waals surface area (Å²) >= 11 is 0. The number of anilines is 1. The Labute approximate surface area is 150 Å². The molecular weight excluding hydrogens is 334 g/mol. The van der Waals surface area contributed by atoms with E-state index in [4.69, 9.17) is 0 Å². The van der Waals surface area contributed by atoms with Crippen LogP contribution in [0.5, 0.6) is 0 Å². The van der Waals surface area contributed by atoms with E-state index < -0.39 is 0 Å². The van der Waals surface area contributed by atoms with Crippen molar-refractivity contribution < 1.29 is 9.59 Å². The molecule has 8 heteroatoms. The van der Waals surface area contributed by atoms with E-state index in [0.29, 0.717) is 13.1 Å². The van der Waals surface area contributed by atoms with E-state index in [9.17, 15) is 14.4 Å². The molecule has 1 fully saturated rings. The molecule has 1 N–H and O–H groups in total. The summed E-state index contributed by atoms with van der Waals surface area (Å²) in [6, 6.07) is 7.80. The molecule has 4 rings (SSSR count). The van der Waals surface area contributed by atoms with Gasteiger partial charge in [-0.15, -0.1) is 0 Å². The number of nitrogens with one attached hydrogen (secondary N) is 1. The first kappa shape index (κ1) is 16.6. The lowest BCUT2D eigenvalue weighted by molar-refractivity contribution is -0.133. The van der Waals surface area contributed by atoms with Gasteiger partial charge >= 0.3 is 5.69 Å². The van der Waals surface area contributed by atoms with Crippen LogP contribution in [0.1, 0.15) is 24.3 Å². The maximum absolute atomic E-state index is 12.5. The first-order valence-corrected chi connectivity index (χ1v) is 8.80. The molecule has 1 aromatic carbocycles. The number of carbonyl (C=O) groups is 2. The number of hydrogen-bond acceptors (Lipinski definition) is 4. The second-order valence-corrected chi connectivity index (χ2v) is 6.95. The van der Waals surface area contributed by atoms with Crippen LogP contribution in [0.25, 0.3) is 0 Å². The molecule has 0 bridgehead atoms. The Kier molecular flexibility index (Phi) is 4.10. The van der Waals surface area contributed by atoms with Gasteiger partial charge in [0.05, 0.1) is 5.92 Å². The number of fused-ring (bicyclic) bond motifs is 1. The van der Waals surface area contributed by atoms with Crippen LogP contribution in [0.15, 0.2) is 35.4 Å². The molecule has 0 spiro atoms. The van der Waals surface area contributed by atoms with Gasteiger partial charge in [0.1, 0.15) is 12.9 Å². The van der Waals surface area contributed by atoms with Crippen LogP contribution in [-0.4, -0.2) is 44.2 Å². The van der Waals surface area contributed by atoms with Crippen molar-refractivity contribution in [1.82, 2.24) is 19.2 Å². The number of benzene rings is 1. The summed E-state index contributed by atoms with van der Waals surface area (Å²) in [5, 5.41) is 6.88. The SMILES string of the molecule is Cn1cnn(CC(=O)N2CCC(C3C(=O)Nc4ccccc43)CC2)c1=O. The third kappa shape index (κ3) is 2.81. The van der Waals surface area contributed by atoms with Gasteiger partial charge in [-0.1, -0.05) is 18.2 Å². The molecule has 2 amide bonds. The molecule has 2 aromatic rings. The van der Waals surface area contributed by atoms with Gasteiger partial charge in [-0.05, 0) is 30.4 Å². The van der Waals surface area contributed by atoms with Crippen molar-refractivity contribution in [3.05, 3.63) is 46.6 Å². The van der Waals surface area contributed by atoms with E-state index in [2.05, 4.69) is 10.4 Å². The second-order valence-electron chi connectivity index (χ2n) is 6.95. The van der Waals surface area contributed by atoms with Gasteiger partial charge in [0, 0.05) is 25.8 Å². The molecule has 26 heavy (non-hydrogen) atoms. The van der Waals surface area contributed by atoms with Crippen LogP contribution in [0.2, 0.25) is 0 Å². The maximum atomic E-state index is 12.5. The number of aryl methyl sites for hydroxylation is 1. The van der Waals surface area contributed by atoms with E-state index in [0.717, 1.165) is 24.1 Å². The molecule has 3 heterocycles. The van der Waals surface area contributed by atoms with Gasteiger partial charge in [0.15, 0.2) is 0 Å². The molecule has 0 aliphatic carbocycles. The number of aromatic nitrogens is 3. The number of likely N-dealkylation sites (tertiary alicyclic amines) is 1. The van der Waals surface area contributed by atoms with Crippen molar-refractivity contribution in [3.63, 3.8) is 0 Å². The Morgan fingerprint density at radius 3 is 2.65 bits per heavy atom. The minimum Gasteiger partial charge on any atom is -0.341 e. The van der Waals surface area contributed by atoms with Gasteiger partial charge in [0.2, 0.25) is 11.8 Å². The number of carbonyl (C=O) groups excluding carboxylic acids is 2. The summed E-state index contributed by atoms with van der Waals surface area (Å²) in [5.41, 5.74) is 1.66. The number of para-hydroxylation sites is 1. The van der Waals surface area contributed by atoms with Crippen LogP contribution < -0.4 is 11.0 Å². The highest BCUT2D eigenvalue weighted by atomic mass is 16.2. The van der Waals surface area contributed by atoms with Crippen LogP contribution in [-0.2, 0) is 23.2 Å². The summed E-state index contributed by atoms with van der Waals surface area (Å²) < 4.78 is 2.52. The molecule has 8 nitrogen and oxygen atoms in total. The molecular formula is C18H21N5O3. The molecule has 0 radical (unpaired) electrons. The predicted octanol–water partition coefficient (Wildman–Crippen LogP) is 0.556. The summed E-state index contributed by atoms with van der Waals surface area (Å²) in [6.07, 6.45) is 2.95. The lowest BCUT2D eigenvalue weighted by Crippen LogP contribution is -2.43. The van der Waals surface area contributed by atoms with Crippen molar-refractivity contribution in [2.75, 3.05) is 18.4 Å². The van der Waals surface area contributed by atoms with E-state index in [1.54, 1.807) is 11.9 Å². The van der Waals surface area contributed by atoms with Gasteiger partial charge < -0.3 is 10.2 Å². The molecule has 2 aliphatic rings. The van der Waals surface area contributed by atoms with Gasteiger partial charge in [-0.2, -0.15) is 5.10 Å². The zero-order valence-electron chi connectivity index (χ0n) is 14.6. The number of piperidine rings is 1. The molecule has 1 saturated heterocycles. The fourth-order valence-corrected chi connectivity index (χ4v) is 3.94. The minimum atomic E-state index is -0.299. The number of rotatable bonds is 3. The maximum Gasteiger partial charge on any atom is 0.345 e. The first-order valence-electron chi connectivity index (χ1n) is 8.80. The van der Waals surface area contributed by atoms with Gasteiger partial charge in [0.25, 0.3) is 0 Å². The normalized spacial score (nSPS) is 20.1. The smallest absolute Gasteiger partial charge is 0.341 e. The lowest BCUT2D eigenvalue weighted by atomic mass is 9.81. The van der Waals surface area contributed by atoms with Crippen molar-refractivity contribution in [2.24, 2.45) is 13.0 Å². The highest BCUT2D eigenvalue weighted by Gasteiger charge is 2.38. The number of nitrogens with zero attached hydrogens (tertiary/aromatic N) is 4. The molecule has 1 unspecified atom stereocenters. The Bertz CT molecular complexity index is 908. The van der Waals surface area contributed by atoms with E-state index in [1.165, 1.54) is 15.6 Å². The van der Waals surface area contributed by atoms with E-state index in [1.807, 2.05) is 24.3 Å². The summed E-state index contributed by atoms with van der Waals surface area (Å²) in [4.78, 5) is 38.4. The fraction of sp³-hybridized carbons (Fsp3) is 0.444. The Hall–Kier alpha value is -2.90. The highest BCUT2D eigenvalue weighted by molar-refractivity contribution is 6.03. The van der Waals surface area contributed by atoms with Gasteiger partial charge in [-0.25, -0.2) is 9.48 Å². The third-order valence-corrected chi connectivity index (χ3v) is 5.37. The first-order chi connectivity index (χ1) is 12.5. The third-order valence-electron chi connectivity index (χ3n) is 5.37. The zero-order chi connectivity index (χ0) is 18.3. The van der Waals surface area contributed by atoms with Crippen molar-refractivity contribution >= 4 is 17.5 Å². The molecule has 2 aliphatic heterocycles. The second kappa shape index (κ2) is 6.44.